The number of aliphatic hydroxyl groups is 1. The van der Waals surface area contributed by atoms with E-state index in [1.165, 1.54) is 4.57 Å². The Bertz CT molecular complexity index is 1370. The maximum absolute atomic E-state index is 13.5. The molecule has 3 aromatic rings. The number of aliphatic hydroxyl groups excluding tert-OH is 1. The summed E-state index contributed by atoms with van der Waals surface area (Å²) >= 11 is 1.59. The van der Waals surface area contributed by atoms with Gasteiger partial charge in [0, 0.05) is 35.1 Å². The van der Waals surface area contributed by atoms with E-state index in [2.05, 4.69) is 22.5 Å². The van der Waals surface area contributed by atoms with Gasteiger partial charge in [-0.05, 0) is 61.4 Å². The maximum atomic E-state index is 13.5. The lowest BCUT2D eigenvalue weighted by atomic mass is 10.0. The third-order valence-corrected chi connectivity index (χ3v) is 7.34. The van der Waals surface area contributed by atoms with Crippen molar-refractivity contribution in [2.24, 2.45) is 0 Å². The first-order chi connectivity index (χ1) is 18.7. The summed E-state index contributed by atoms with van der Waals surface area (Å²) in [5.74, 6) is 6.24. The number of thioether (sulfide) groups is 1. The monoisotopic (exact) mass is 560 g/mol. The highest BCUT2D eigenvalue weighted by Gasteiger charge is 2.30. The van der Waals surface area contributed by atoms with Crippen molar-refractivity contribution in [2.45, 2.75) is 36.5 Å². The zero-order chi connectivity index (χ0) is 28.0. The zero-order valence-electron chi connectivity index (χ0n) is 21.8. The molecule has 0 aliphatic carbocycles. The zero-order valence-corrected chi connectivity index (χ0v) is 22.6. The van der Waals surface area contributed by atoms with E-state index in [1.54, 1.807) is 42.0 Å². The quantitative estimate of drug-likeness (QED) is 0.272. The molecule has 3 N–H and O–H groups in total. The molecule has 11 heteroatoms. The Kier molecular flexibility index (Phi) is 9.20. The smallest absolute Gasteiger partial charge is 0.406 e. The van der Waals surface area contributed by atoms with Gasteiger partial charge in [-0.3, -0.25) is 4.79 Å². The second-order valence-corrected chi connectivity index (χ2v) is 10.0. The van der Waals surface area contributed by atoms with E-state index in [0.717, 1.165) is 16.3 Å². The number of ether oxygens (including phenoxy) is 1. The number of amides is 1. The second kappa shape index (κ2) is 12.6. The summed E-state index contributed by atoms with van der Waals surface area (Å²) in [5, 5.41) is 16.4. The molecule has 0 atom stereocenters. The van der Waals surface area contributed by atoms with Crippen molar-refractivity contribution in [3.63, 3.8) is 0 Å². The Morgan fingerprint density at radius 2 is 1.95 bits per heavy atom. The molecule has 7 nitrogen and oxygen atoms in total. The molecule has 39 heavy (non-hydrogen) atoms. The summed E-state index contributed by atoms with van der Waals surface area (Å²) in [6.07, 6.45) is -1.10. The maximum Gasteiger partial charge on any atom is 0.406 e. The van der Waals surface area contributed by atoms with Gasteiger partial charge in [-0.2, -0.15) is 13.2 Å². The lowest BCUT2D eigenvalue weighted by Crippen LogP contribution is -2.43. The molecule has 0 bridgehead atoms. The van der Waals surface area contributed by atoms with E-state index in [0.29, 0.717) is 42.6 Å². The van der Waals surface area contributed by atoms with Gasteiger partial charge in [-0.1, -0.05) is 12.0 Å². The molecule has 1 amide bonds. The predicted molar refractivity (Wildman–Crippen MR) is 148 cm³/mol. The Morgan fingerprint density at radius 1 is 1.18 bits per heavy atom. The number of piperidine rings is 1. The molecule has 2 aromatic carbocycles. The van der Waals surface area contributed by atoms with Crippen molar-refractivity contribution in [3.8, 4) is 17.6 Å². The van der Waals surface area contributed by atoms with Crippen LogP contribution in [0.25, 0.3) is 10.9 Å². The lowest BCUT2D eigenvalue weighted by molar-refractivity contribution is -0.140. The van der Waals surface area contributed by atoms with Gasteiger partial charge in [0.05, 0.1) is 30.6 Å². The van der Waals surface area contributed by atoms with Gasteiger partial charge >= 0.3 is 6.18 Å². The van der Waals surface area contributed by atoms with Gasteiger partial charge < -0.3 is 29.9 Å². The number of alkyl halides is 3. The number of nitrogens with one attached hydrogen (secondary N) is 2. The largest absolute Gasteiger partial charge is 0.495 e. The van der Waals surface area contributed by atoms with Crippen LogP contribution in [0.1, 0.15) is 18.5 Å². The average molecular weight is 561 g/mol. The molecule has 1 saturated heterocycles. The fraction of sp³-hybridized carbons (Fsp3) is 0.393. The predicted octanol–water partition coefficient (Wildman–Crippen LogP) is 4.79. The minimum absolute atomic E-state index is 0.0514. The van der Waals surface area contributed by atoms with Gasteiger partial charge in [0.25, 0.3) is 0 Å². The second-order valence-electron chi connectivity index (χ2n) is 9.15. The first-order valence-corrected chi connectivity index (χ1v) is 13.7. The first kappa shape index (κ1) is 28.5. The number of rotatable bonds is 8. The molecular weight excluding hydrogens is 529 g/mol. The Labute approximate surface area is 229 Å². The molecule has 0 radical (unpaired) electrons. The normalized spacial score (nSPS) is 14.2. The van der Waals surface area contributed by atoms with Gasteiger partial charge in [-0.25, -0.2) is 0 Å². The molecule has 1 aliphatic heterocycles. The van der Waals surface area contributed by atoms with Crippen molar-refractivity contribution in [2.75, 3.05) is 50.2 Å². The molecule has 2 heterocycles. The first-order valence-electron chi connectivity index (χ1n) is 12.5. The van der Waals surface area contributed by atoms with Crippen LogP contribution in [-0.2, 0) is 11.3 Å². The Hall–Kier alpha value is -3.49. The van der Waals surface area contributed by atoms with E-state index in [4.69, 9.17) is 9.84 Å². The fourth-order valence-electron chi connectivity index (χ4n) is 4.68. The van der Waals surface area contributed by atoms with Crippen LogP contribution in [0.3, 0.4) is 0 Å². The molecule has 1 aromatic heterocycles. The number of hydrogen-bond acceptors (Lipinski definition) is 6. The molecule has 208 valence electrons. The van der Waals surface area contributed by atoms with Gasteiger partial charge in [0.15, 0.2) is 0 Å². The third-order valence-electron chi connectivity index (χ3n) is 6.62. The molecule has 4 rings (SSSR count). The van der Waals surface area contributed by atoms with E-state index < -0.39 is 19.3 Å². The SMILES string of the molecule is COc1cc(SC)ccc1NCC#Cc1cc2c(NC3CCN(C(=O)CO)CC3)cccc2n1CC(F)(F)F. The van der Waals surface area contributed by atoms with Gasteiger partial charge in [-0.15, -0.1) is 11.8 Å². The number of carbonyl (C=O) groups excluding carboxylic acids is 1. The van der Waals surface area contributed by atoms with Crippen LogP contribution in [0.5, 0.6) is 5.75 Å². The molecule has 0 spiro atoms. The number of nitrogens with zero attached hydrogens (tertiary/aromatic N) is 2. The van der Waals surface area contributed by atoms with Gasteiger partial charge in [0.2, 0.25) is 5.91 Å². The minimum Gasteiger partial charge on any atom is -0.495 e. The number of carbonyl (C=O) groups is 1. The number of halogens is 3. The number of methoxy groups -OCH3 is 1. The molecule has 1 fully saturated rings. The number of anilines is 2. The molecular formula is C28H31F3N4O3S. The van der Waals surface area contributed by atoms with Crippen LogP contribution < -0.4 is 15.4 Å². The van der Waals surface area contributed by atoms with Crippen LogP contribution >= 0.6 is 11.8 Å². The molecule has 0 unspecified atom stereocenters. The van der Waals surface area contributed by atoms with Crippen LogP contribution in [-0.4, -0.2) is 72.3 Å². The third kappa shape index (κ3) is 7.13. The number of likely N-dealkylation sites (tertiary alicyclic amines) is 1. The Morgan fingerprint density at radius 3 is 2.62 bits per heavy atom. The van der Waals surface area contributed by atoms with E-state index in [1.807, 2.05) is 30.5 Å². The highest BCUT2D eigenvalue weighted by atomic mass is 32.2. The van der Waals surface area contributed by atoms with E-state index in [-0.39, 0.29) is 24.2 Å². The summed E-state index contributed by atoms with van der Waals surface area (Å²) in [4.78, 5) is 14.4. The standard InChI is InChI=1S/C28H31F3N4O3S/c1-38-26-16-21(39-2)8-9-24(26)32-12-4-5-20-15-22-23(6-3-7-25(22)35(20)18-28(29,30)31)33-19-10-13-34(14-11-19)27(37)17-36/h3,6-9,15-16,19,32-33,36H,10-14,17-18H2,1-2H3. The Balaban J connectivity index is 1.55. The van der Waals surface area contributed by atoms with Crippen LogP contribution in [0.4, 0.5) is 24.5 Å². The lowest BCUT2D eigenvalue weighted by Gasteiger charge is -2.32. The highest BCUT2D eigenvalue weighted by molar-refractivity contribution is 7.98. The topological polar surface area (TPSA) is 78.8 Å². The minimum atomic E-state index is -4.41. The molecule has 0 saturated carbocycles. The number of fused-ring (bicyclic) bond motifs is 1. The van der Waals surface area contributed by atoms with Crippen molar-refractivity contribution in [3.05, 3.63) is 48.2 Å². The summed E-state index contributed by atoms with van der Waals surface area (Å²) < 4.78 is 47.2. The van der Waals surface area contributed by atoms with Crippen molar-refractivity contribution in [1.29, 1.82) is 0 Å². The molecule has 1 aliphatic rings. The average Bonchev–Trinajstić information content (AvgIpc) is 3.27. The number of aromatic nitrogens is 1. The highest BCUT2D eigenvalue weighted by Crippen LogP contribution is 2.32. The van der Waals surface area contributed by atoms with Crippen molar-refractivity contribution < 1.29 is 27.8 Å². The number of hydrogen-bond donors (Lipinski definition) is 3. The summed E-state index contributed by atoms with van der Waals surface area (Å²) in [5.41, 5.74) is 2.18. The summed E-state index contributed by atoms with van der Waals surface area (Å²) in [6.45, 7) is -0.420. The van der Waals surface area contributed by atoms with E-state index in [9.17, 15) is 18.0 Å². The van der Waals surface area contributed by atoms with Crippen LogP contribution in [0, 0.1) is 11.8 Å². The summed E-state index contributed by atoms with van der Waals surface area (Å²) in [6, 6.07) is 12.7. The van der Waals surface area contributed by atoms with Crippen LogP contribution in [0.15, 0.2) is 47.4 Å². The van der Waals surface area contributed by atoms with Crippen molar-refractivity contribution >= 4 is 39.9 Å². The van der Waals surface area contributed by atoms with Gasteiger partial charge in [0.1, 0.15) is 18.9 Å². The van der Waals surface area contributed by atoms with E-state index >= 15 is 0 Å². The fourth-order valence-corrected chi connectivity index (χ4v) is 5.10. The van der Waals surface area contributed by atoms with Crippen LogP contribution in [0.2, 0.25) is 0 Å². The number of benzene rings is 2. The summed E-state index contributed by atoms with van der Waals surface area (Å²) in [7, 11) is 1.58. The van der Waals surface area contributed by atoms with Crippen molar-refractivity contribution in [1.82, 2.24) is 9.47 Å².